The van der Waals surface area contributed by atoms with Crippen molar-refractivity contribution in [1.82, 2.24) is 9.88 Å². The molecular formula is C22H22N4O4S. The molecule has 0 saturated carbocycles. The summed E-state index contributed by atoms with van der Waals surface area (Å²) in [6.07, 6.45) is 2.65. The van der Waals surface area contributed by atoms with Crippen LogP contribution in [0.3, 0.4) is 0 Å². The van der Waals surface area contributed by atoms with Crippen molar-refractivity contribution in [2.75, 3.05) is 16.9 Å². The standard InChI is InChI=1S/C22H22N4O4S/c1-22(2)20(27)26(14-8-10-15(11-9-14)31(3,29)30)21(28)25(22)13-17-16-6-4-5-7-19(16)24-12-18(17)23/h4-12H,13,23H2,1-3H3. The maximum absolute atomic E-state index is 13.3. The Morgan fingerprint density at radius 3 is 2.32 bits per heavy atom. The summed E-state index contributed by atoms with van der Waals surface area (Å²) in [6, 6.07) is 12.7. The van der Waals surface area contributed by atoms with E-state index in [0.717, 1.165) is 22.1 Å². The number of nitrogens with zero attached hydrogens (tertiary/aromatic N) is 3. The van der Waals surface area contributed by atoms with Crippen molar-refractivity contribution in [1.29, 1.82) is 0 Å². The van der Waals surface area contributed by atoms with Crippen LogP contribution in [0.5, 0.6) is 0 Å². The monoisotopic (exact) mass is 438 g/mol. The Morgan fingerprint density at radius 1 is 1.03 bits per heavy atom. The smallest absolute Gasteiger partial charge is 0.332 e. The molecule has 0 radical (unpaired) electrons. The van der Waals surface area contributed by atoms with E-state index in [9.17, 15) is 18.0 Å². The van der Waals surface area contributed by atoms with Crippen LogP contribution in [0.2, 0.25) is 0 Å². The van der Waals surface area contributed by atoms with Crippen LogP contribution in [0.1, 0.15) is 19.4 Å². The van der Waals surface area contributed by atoms with Crippen LogP contribution in [0.4, 0.5) is 16.2 Å². The van der Waals surface area contributed by atoms with Crippen molar-refractivity contribution >= 4 is 44.1 Å². The molecule has 2 heterocycles. The van der Waals surface area contributed by atoms with E-state index in [-0.39, 0.29) is 11.4 Å². The Labute approximate surface area is 180 Å². The van der Waals surface area contributed by atoms with Gasteiger partial charge in [0.05, 0.1) is 34.5 Å². The molecule has 0 atom stereocenters. The molecule has 8 nitrogen and oxygen atoms in total. The van der Waals surface area contributed by atoms with Gasteiger partial charge in [-0.3, -0.25) is 9.78 Å². The van der Waals surface area contributed by atoms with Crippen LogP contribution in [0.15, 0.2) is 59.6 Å². The quantitative estimate of drug-likeness (QED) is 0.627. The highest BCUT2D eigenvalue weighted by molar-refractivity contribution is 7.90. The van der Waals surface area contributed by atoms with Crippen LogP contribution in [0, 0.1) is 0 Å². The number of urea groups is 1. The number of rotatable bonds is 4. The number of benzene rings is 2. The maximum Gasteiger partial charge on any atom is 0.332 e. The molecule has 160 valence electrons. The van der Waals surface area contributed by atoms with Crippen LogP contribution >= 0.6 is 0 Å². The first-order valence-corrected chi connectivity index (χ1v) is 11.5. The van der Waals surface area contributed by atoms with Gasteiger partial charge in [-0.05, 0) is 44.2 Å². The second-order valence-corrected chi connectivity index (χ2v) is 10.1. The van der Waals surface area contributed by atoms with E-state index in [1.165, 1.54) is 29.2 Å². The van der Waals surface area contributed by atoms with Gasteiger partial charge in [-0.2, -0.15) is 0 Å². The number of sulfone groups is 1. The summed E-state index contributed by atoms with van der Waals surface area (Å²) in [4.78, 5) is 33.5. The van der Waals surface area contributed by atoms with Gasteiger partial charge < -0.3 is 10.6 Å². The molecule has 3 amide bonds. The summed E-state index contributed by atoms with van der Waals surface area (Å²) >= 11 is 0. The van der Waals surface area contributed by atoms with E-state index >= 15 is 0 Å². The number of anilines is 2. The number of hydrogen-bond donors (Lipinski definition) is 1. The van der Waals surface area contributed by atoms with Gasteiger partial charge in [0.1, 0.15) is 5.54 Å². The van der Waals surface area contributed by atoms with E-state index in [2.05, 4.69) is 4.98 Å². The van der Waals surface area contributed by atoms with E-state index in [0.29, 0.717) is 16.9 Å². The normalized spacial score (nSPS) is 16.4. The number of nitrogen functional groups attached to an aromatic ring is 1. The third kappa shape index (κ3) is 3.40. The molecule has 0 unspecified atom stereocenters. The van der Waals surface area contributed by atoms with Crippen molar-refractivity contribution in [2.45, 2.75) is 30.8 Å². The minimum atomic E-state index is -3.39. The molecule has 9 heteroatoms. The average Bonchev–Trinajstić information content (AvgIpc) is 2.88. The number of hydrogen-bond acceptors (Lipinski definition) is 6. The summed E-state index contributed by atoms with van der Waals surface area (Å²) in [5.41, 5.74) is 7.27. The van der Waals surface area contributed by atoms with E-state index in [1.807, 2.05) is 24.3 Å². The predicted octanol–water partition coefficient (Wildman–Crippen LogP) is 2.97. The summed E-state index contributed by atoms with van der Waals surface area (Å²) in [5, 5.41) is 0.814. The third-order valence-corrected chi connectivity index (χ3v) is 6.71. The van der Waals surface area contributed by atoms with Crippen molar-refractivity contribution in [3.05, 3.63) is 60.3 Å². The van der Waals surface area contributed by atoms with E-state index in [4.69, 9.17) is 5.73 Å². The van der Waals surface area contributed by atoms with Gasteiger partial charge in [-0.25, -0.2) is 18.1 Å². The molecule has 2 aromatic carbocycles. The number of fused-ring (bicyclic) bond motifs is 1. The number of amides is 3. The maximum atomic E-state index is 13.3. The highest BCUT2D eigenvalue weighted by atomic mass is 32.2. The number of nitrogens with two attached hydrogens (primary N) is 1. The zero-order valence-corrected chi connectivity index (χ0v) is 18.2. The number of aromatic nitrogens is 1. The Kier molecular flexibility index (Phi) is 4.73. The molecular weight excluding hydrogens is 416 g/mol. The lowest BCUT2D eigenvalue weighted by Crippen LogP contribution is -2.43. The van der Waals surface area contributed by atoms with Gasteiger partial charge in [0, 0.05) is 17.2 Å². The molecule has 4 rings (SSSR count). The predicted molar refractivity (Wildman–Crippen MR) is 118 cm³/mol. The fraction of sp³-hybridized carbons (Fsp3) is 0.227. The number of imide groups is 1. The van der Waals surface area contributed by atoms with Gasteiger partial charge in [0.25, 0.3) is 5.91 Å². The number of carbonyl (C=O) groups is 2. The first-order valence-electron chi connectivity index (χ1n) is 9.60. The van der Waals surface area contributed by atoms with Crippen LogP contribution in [-0.2, 0) is 21.2 Å². The van der Waals surface area contributed by atoms with E-state index < -0.39 is 27.3 Å². The number of pyridine rings is 1. The molecule has 1 saturated heterocycles. The van der Waals surface area contributed by atoms with Crippen LogP contribution < -0.4 is 10.6 Å². The topological polar surface area (TPSA) is 114 Å². The van der Waals surface area contributed by atoms with Gasteiger partial charge in [-0.1, -0.05) is 18.2 Å². The average molecular weight is 439 g/mol. The summed E-state index contributed by atoms with van der Waals surface area (Å²) in [5.74, 6) is -0.401. The van der Waals surface area contributed by atoms with Crippen molar-refractivity contribution in [3.63, 3.8) is 0 Å². The third-order valence-electron chi connectivity index (χ3n) is 5.58. The lowest BCUT2D eigenvalue weighted by Gasteiger charge is -2.28. The lowest BCUT2D eigenvalue weighted by molar-refractivity contribution is -0.123. The molecule has 1 aliphatic heterocycles. The van der Waals surface area contributed by atoms with Crippen LogP contribution in [-0.4, -0.2) is 42.0 Å². The van der Waals surface area contributed by atoms with Gasteiger partial charge in [0.2, 0.25) is 0 Å². The van der Waals surface area contributed by atoms with Crippen molar-refractivity contribution in [2.24, 2.45) is 0 Å². The molecule has 2 N–H and O–H groups in total. The fourth-order valence-electron chi connectivity index (χ4n) is 3.72. The zero-order valence-electron chi connectivity index (χ0n) is 17.4. The Bertz CT molecular complexity index is 1320. The first-order chi connectivity index (χ1) is 14.5. The number of carbonyl (C=O) groups excluding carboxylic acids is 2. The molecule has 1 fully saturated rings. The minimum Gasteiger partial charge on any atom is -0.397 e. The summed E-state index contributed by atoms with van der Waals surface area (Å²) in [6.45, 7) is 3.49. The van der Waals surface area contributed by atoms with Crippen LogP contribution in [0.25, 0.3) is 10.9 Å². The van der Waals surface area contributed by atoms with Crippen molar-refractivity contribution in [3.8, 4) is 0 Å². The van der Waals surface area contributed by atoms with Gasteiger partial charge in [-0.15, -0.1) is 0 Å². The Morgan fingerprint density at radius 2 is 1.68 bits per heavy atom. The molecule has 0 bridgehead atoms. The lowest BCUT2D eigenvalue weighted by atomic mass is 10.0. The largest absolute Gasteiger partial charge is 0.397 e. The molecule has 31 heavy (non-hydrogen) atoms. The van der Waals surface area contributed by atoms with E-state index in [1.54, 1.807) is 20.0 Å². The van der Waals surface area contributed by atoms with Crippen molar-refractivity contribution < 1.29 is 18.0 Å². The molecule has 3 aromatic rings. The molecule has 0 spiro atoms. The number of para-hydroxylation sites is 1. The summed E-state index contributed by atoms with van der Waals surface area (Å²) in [7, 11) is -3.39. The minimum absolute atomic E-state index is 0.113. The Hall–Kier alpha value is -3.46. The van der Waals surface area contributed by atoms with Gasteiger partial charge in [0.15, 0.2) is 9.84 Å². The zero-order chi connectivity index (χ0) is 22.6. The molecule has 1 aliphatic rings. The highest BCUT2D eigenvalue weighted by Crippen LogP contribution is 2.35. The second kappa shape index (κ2) is 7.05. The second-order valence-electron chi connectivity index (χ2n) is 8.04. The highest BCUT2D eigenvalue weighted by Gasteiger charge is 2.52. The molecule has 0 aliphatic carbocycles. The SMILES string of the molecule is CC1(C)C(=O)N(c2ccc(S(C)(=O)=O)cc2)C(=O)N1Cc1c(N)cnc2ccccc12. The summed E-state index contributed by atoms with van der Waals surface area (Å²) < 4.78 is 23.4. The first kappa shape index (κ1) is 20.8. The van der Waals surface area contributed by atoms with Gasteiger partial charge >= 0.3 is 6.03 Å². The fourth-order valence-corrected chi connectivity index (χ4v) is 4.35. The Balaban J connectivity index is 1.73. The molecule has 1 aromatic heterocycles.